The van der Waals surface area contributed by atoms with E-state index in [0.29, 0.717) is 12.2 Å². The van der Waals surface area contributed by atoms with Crippen molar-refractivity contribution in [3.63, 3.8) is 0 Å². The highest BCUT2D eigenvalue weighted by Crippen LogP contribution is 2.14. The zero-order chi connectivity index (χ0) is 9.72. The van der Waals surface area contributed by atoms with Crippen molar-refractivity contribution in [1.29, 1.82) is 0 Å². The molecule has 3 nitrogen and oxygen atoms in total. The number of carboxylic acids is 1. The molecule has 0 heterocycles. The third kappa shape index (κ3) is 3.05. The van der Waals surface area contributed by atoms with Crippen LogP contribution >= 0.6 is 0 Å². The fourth-order valence-electron chi connectivity index (χ4n) is 1.00. The molecule has 0 fully saturated rings. The Labute approximate surface area is 73.0 Å². The Balaban J connectivity index is 4.67. The lowest BCUT2D eigenvalue weighted by atomic mass is 9.99. The van der Waals surface area contributed by atoms with Crippen LogP contribution in [0.5, 0.6) is 0 Å². The number of carbonyl (C=O) groups is 1. The first-order valence-corrected chi connectivity index (χ1v) is 3.92. The summed E-state index contributed by atoms with van der Waals surface area (Å²) >= 11 is 0. The summed E-state index contributed by atoms with van der Waals surface area (Å²) in [5.74, 6) is -0.642. The van der Waals surface area contributed by atoms with E-state index in [0.717, 1.165) is 5.57 Å². The van der Waals surface area contributed by atoms with Gasteiger partial charge in [0.05, 0.1) is 6.61 Å². The van der Waals surface area contributed by atoms with Crippen molar-refractivity contribution < 1.29 is 14.6 Å². The molecule has 12 heavy (non-hydrogen) atoms. The minimum atomic E-state index is -0.865. The molecule has 0 unspecified atom stereocenters. The number of carboxylic acid groups (broad SMARTS) is 1. The van der Waals surface area contributed by atoms with E-state index in [9.17, 15) is 4.79 Å². The highest BCUT2D eigenvalue weighted by molar-refractivity contribution is 5.86. The highest BCUT2D eigenvalue weighted by atomic mass is 16.5. The van der Waals surface area contributed by atoms with Crippen molar-refractivity contribution in [3.05, 3.63) is 11.1 Å². The summed E-state index contributed by atoms with van der Waals surface area (Å²) in [6.45, 7) is 5.92. The second-order valence-corrected chi connectivity index (χ2v) is 3.04. The third-order valence-corrected chi connectivity index (χ3v) is 1.80. The van der Waals surface area contributed by atoms with Gasteiger partial charge in [-0.3, -0.25) is 0 Å². The molecule has 0 aromatic heterocycles. The average Bonchev–Trinajstić information content (AvgIpc) is 1.98. The molecule has 0 saturated carbocycles. The second-order valence-electron chi connectivity index (χ2n) is 3.04. The summed E-state index contributed by atoms with van der Waals surface area (Å²) in [4.78, 5) is 10.6. The molecule has 0 aliphatic carbocycles. The molecule has 0 radical (unpaired) electrons. The van der Waals surface area contributed by atoms with Crippen molar-refractivity contribution >= 4 is 5.97 Å². The number of ether oxygens (including phenoxy) is 1. The third-order valence-electron chi connectivity index (χ3n) is 1.80. The van der Waals surface area contributed by atoms with E-state index in [1.165, 1.54) is 0 Å². The van der Waals surface area contributed by atoms with Crippen molar-refractivity contribution in [2.24, 2.45) is 5.92 Å². The topological polar surface area (TPSA) is 46.5 Å². The number of aliphatic carboxylic acids is 1. The lowest BCUT2D eigenvalue weighted by molar-refractivity contribution is -0.132. The maximum absolute atomic E-state index is 10.6. The molecule has 3 heteroatoms. The first-order valence-electron chi connectivity index (χ1n) is 3.92. The lowest BCUT2D eigenvalue weighted by Gasteiger charge is -2.12. The van der Waals surface area contributed by atoms with Gasteiger partial charge in [0.15, 0.2) is 0 Å². The summed E-state index contributed by atoms with van der Waals surface area (Å²) in [6.07, 6.45) is 0. The van der Waals surface area contributed by atoms with E-state index >= 15 is 0 Å². The number of hydrogen-bond donors (Lipinski definition) is 1. The van der Waals surface area contributed by atoms with Gasteiger partial charge in [0, 0.05) is 12.7 Å². The molecule has 1 N–H and O–H groups in total. The smallest absolute Gasteiger partial charge is 0.331 e. The Kier molecular flexibility index (Phi) is 4.59. The van der Waals surface area contributed by atoms with Crippen LogP contribution in [0.3, 0.4) is 0 Å². The molecule has 0 aliphatic heterocycles. The molecule has 0 atom stereocenters. The van der Waals surface area contributed by atoms with Crippen LogP contribution in [0.25, 0.3) is 0 Å². The zero-order valence-electron chi connectivity index (χ0n) is 8.05. The average molecular weight is 172 g/mol. The Morgan fingerprint density at radius 1 is 1.50 bits per heavy atom. The first kappa shape index (κ1) is 11.2. The SMILES string of the molecule is COCC(=C(C)C(=O)O)C(C)C. The van der Waals surface area contributed by atoms with Gasteiger partial charge < -0.3 is 9.84 Å². The van der Waals surface area contributed by atoms with E-state index in [4.69, 9.17) is 9.84 Å². The van der Waals surface area contributed by atoms with Gasteiger partial charge >= 0.3 is 5.97 Å². The summed E-state index contributed by atoms with van der Waals surface area (Å²) in [7, 11) is 1.57. The highest BCUT2D eigenvalue weighted by Gasteiger charge is 2.11. The Hall–Kier alpha value is -0.830. The van der Waals surface area contributed by atoms with E-state index in [2.05, 4.69) is 0 Å². The summed E-state index contributed by atoms with van der Waals surface area (Å²) in [6, 6.07) is 0. The fourth-order valence-corrected chi connectivity index (χ4v) is 1.00. The number of rotatable bonds is 4. The maximum atomic E-state index is 10.6. The monoisotopic (exact) mass is 172 g/mol. The van der Waals surface area contributed by atoms with Crippen LogP contribution in [0.15, 0.2) is 11.1 Å². The van der Waals surface area contributed by atoms with Crippen LogP contribution in [0.1, 0.15) is 20.8 Å². The quantitative estimate of drug-likeness (QED) is 0.656. The molecular formula is C9H16O3. The van der Waals surface area contributed by atoms with Crippen LogP contribution in [0.4, 0.5) is 0 Å². The van der Waals surface area contributed by atoms with E-state index in [-0.39, 0.29) is 5.92 Å². The van der Waals surface area contributed by atoms with Gasteiger partial charge in [0.2, 0.25) is 0 Å². The van der Waals surface area contributed by atoms with Crippen LogP contribution in [0, 0.1) is 5.92 Å². The van der Waals surface area contributed by atoms with Crippen LogP contribution in [-0.4, -0.2) is 24.8 Å². The molecule has 0 aliphatic rings. The van der Waals surface area contributed by atoms with Gasteiger partial charge in [-0.25, -0.2) is 4.79 Å². The molecule has 70 valence electrons. The van der Waals surface area contributed by atoms with E-state index in [1.54, 1.807) is 14.0 Å². The normalized spacial score (nSPS) is 13.1. The van der Waals surface area contributed by atoms with Crippen molar-refractivity contribution in [2.75, 3.05) is 13.7 Å². The zero-order valence-corrected chi connectivity index (χ0v) is 8.05. The summed E-state index contributed by atoms with van der Waals surface area (Å²) in [5, 5.41) is 8.71. The predicted octanol–water partition coefficient (Wildman–Crippen LogP) is 1.69. The fraction of sp³-hybridized carbons (Fsp3) is 0.667. The Morgan fingerprint density at radius 3 is 2.25 bits per heavy atom. The van der Waals surface area contributed by atoms with Gasteiger partial charge in [-0.15, -0.1) is 0 Å². The molecule has 0 amide bonds. The van der Waals surface area contributed by atoms with Crippen molar-refractivity contribution in [3.8, 4) is 0 Å². The van der Waals surface area contributed by atoms with Gasteiger partial charge in [0.25, 0.3) is 0 Å². The van der Waals surface area contributed by atoms with Crippen LogP contribution in [0.2, 0.25) is 0 Å². The van der Waals surface area contributed by atoms with Gasteiger partial charge in [-0.2, -0.15) is 0 Å². The number of methoxy groups -OCH3 is 1. The van der Waals surface area contributed by atoms with Gasteiger partial charge in [-0.1, -0.05) is 13.8 Å². The largest absolute Gasteiger partial charge is 0.478 e. The van der Waals surface area contributed by atoms with E-state index < -0.39 is 5.97 Å². The maximum Gasteiger partial charge on any atom is 0.331 e. The number of hydrogen-bond acceptors (Lipinski definition) is 2. The van der Waals surface area contributed by atoms with Gasteiger partial charge in [0.1, 0.15) is 0 Å². The molecule has 0 spiro atoms. The minimum absolute atomic E-state index is 0.223. The van der Waals surface area contributed by atoms with Crippen LogP contribution < -0.4 is 0 Å². The Morgan fingerprint density at radius 2 is 2.00 bits per heavy atom. The van der Waals surface area contributed by atoms with Crippen LogP contribution in [-0.2, 0) is 9.53 Å². The Bertz CT molecular complexity index is 192. The minimum Gasteiger partial charge on any atom is -0.478 e. The molecule has 0 aromatic rings. The molecule has 0 rings (SSSR count). The van der Waals surface area contributed by atoms with Crippen molar-refractivity contribution in [1.82, 2.24) is 0 Å². The standard InChI is InChI=1S/C9H16O3/c1-6(2)8(5-12-4)7(3)9(10)11/h6H,5H2,1-4H3,(H,10,11). The van der Waals surface area contributed by atoms with E-state index in [1.807, 2.05) is 13.8 Å². The van der Waals surface area contributed by atoms with Gasteiger partial charge in [-0.05, 0) is 18.4 Å². The molecule has 0 saturated heterocycles. The summed E-state index contributed by atoms with van der Waals surface area (Å²) in [5.41, 5.74) is 1.25. The molecule has 0 aromatic carbocycles. The lowest BCUT2D eigenvalue weighted by Crippen LogP contribution is -2.10. The predicted molar refractivity (Wildman–Crippen MR) is 47.0 cm³/mol. The van der Waals surface area contributed by atoms with Crippen molar-refractivity contribution in [2.45, 2.75) is 20.8 Å². The molecular weight excluding hydrogens is 156 g/mol. The second kappa shape index (κ2) is 4.93. The molecule has 0 bridgehead atoms. The summed E-state index contributed by atoms with van der Waals surface area (Å²) < 4.78 is 4.92. The first-order chi connectivity index (χ1) is 5.50.